The number of hydrogen-bond acceptors (Lipinski definition) is 7. The van der Waals surface area contributed by atoms with Crippen LogP contribution in [0.2, 0.25) is 0 Å². The molecule has 7 nitrogen and oxygen atoms in total. The Morgan fingerprint density at radius 1 is 1.53 bits per heavy atom. The van der Waals surface area contributed by atoms with Crippen LogP contribution in [-0.2, 0) is 10.0 Å². The minimum atomic E-state index is -3.84. The van der Waals surface area contributed by atoms with Gasteiger partial charge in [0.1, 0.15) is 11.1 Å². The first kappa shape index (κ1) is 16.0. The van der Waals surface area contributed by atoms with E-state index in [0.29, 0.717) is 0 Å². The second-order valence-corrected chi connectivity index (χ2v) is 6.66. The summed E-state index contributed by atoms with van der Waals surface area (Å²) in [6.45, 7) is -0.505. The van der Waals surface area contributed by atoms with Crippen molar-refractivity contribution in [2.75, 3.05) is 31.7 Å². The van der Waals surface area contributed by atoms with Gasteiger partial charge in [0.05, 0.1) is 0 Å². The fourth-order valence-electron chi connectivity index (χ4n) is 1.12. The monoisotopic (exact) mass is 316 g/mol. The van der Waals surface area contributed by atoms with Gasteiger partial charge in [0.2, 0.25) is 10.0 Å². The summed E-state index contributed by atoms with van der Waals surface area (Å²) in [6.07, 6.45) is -4.83. The van der Waals surface area contributed by atoms with Gasteiger partial charge in [-0.05, 0) is 11.5 Å². The third-order valence-corrected chi connectivity index (χ3v) is 5.01. The lowest BCUT2D eigenvalue weighted by Gasteiger charge is -2.14. The second kappa shape index (κ2) is 5.94. The summed E-state index contributed by atoms with van der Waals surface area (Å²) in [5, 5.41) is 11.4. The molecule has 0 spiro atoms. The lowest BCUT2D eigenvalue weighted by atomic mass is 10.4. The van der Waals surface area contributed by atoms with Gasteiger partial charge >= 0.3 is 0 Å². The standard InChI is InChI=1S/C8H14F2N4O3S2/c1-14(2)19(16,17)5-7(11)13-18-8(5)12-3-4(15)6(9)10/h4,6,12,15H,3H2,1-2H3,(H2,11,13). The second-order valence-electron chi connectivity index (χ2n) is 3.80. The highest BCUT2D eigenvalue weighted by atomic mass is 32.2. The molecule has 0 aliphatic rings. The third-order valence-electron chi connectivity index (χ3n) is 2.18. The molecule has 4 N–H and O–H groups in total. The van der Waals surface area contributed by atoms with Gasteiger partial charge in [-0.3, -0.25) is 0 Å². The van der Waals surface area contributed by atoms with Gasteiger partial charge in [-0.25, -0.2) is 21.5 Å². The Kier molecular flexibility index (Phi) is 5.01. The number of nitrogens with zero attached hydrogens (tertiary/aromatic N) is 2. The molecule has 1 unspecified atom stereocenters. The molecule has 11 heteroatoms. The van der Waals surface area contributed by atoms with E-state index < -0.39 is 29.1 Å². The summed E-state index contributed by atoms with van der Waals surface area (Å²) < 4.78 is 52.8. The largest absolute Gasteiger partial charge is 0.385 e. The molecule has 19 heavy (non-hydrogen) atoms. The molecule has 0 bridgehead atoms. The Hall–Kier alpha value is -1.04. The van der Waals surface area contributed by atoms with Gasteiger partial charge in [-0.15, -0.1) is 0 Å². The fraction of sp³-hybridized carbons (Fsp3) is 0.625. The smallest absolute Gasteiger partial charge is 0.265 e. The fourth-order valence-corrected chi connectivity index (χ4v) is 3.21. The molecule has 1 heterocycles. The van der Waals surface area contributed by atoms with Gasteiger partial charge in [0.25, 0.3) is 6.43 Å². The van der Waals surface area contributed by atoms with Crippen LogP contribution >= 0.6 is 11.5 Å². The minimum Gasteiger partial charge on any atom is -0.385 e. The van der Waals surface area contributed by atoms with Crippen LogP contribution in [0.5, 0.6) is 0 Å². The number of rotatable bonds is 6. The summed E-state index contributed by atoms with van der Waals surface area (Å²) in [7, 11) is -1.22. The van der Waals surface area contributed by atoms with Crippen molar-refractivity contribution in [1.29, 1.82) is 0 Å². The number of nitrogens with two attached hydrogens (primary N) is 1. The van der Waals surface area contributed by atoms with Crippen molar-refractivity contribution < 1.29 is 22.3 Å². The number of aliphatic hydroxyl groups excluding tert-OH is 1. The molecule has 1 rings (SSSR count). The van der Waals surface area contributed by atoms with Crippen molar-refractivity contribution >= 4 is 32.4 Å². The lowest BCUT2D eigenvalue weighted by Crippen LogP contribution is -2.28. The molecule has 0 fully saturated rings. The number of anilines is 2. The van der Waals surface area contributed by atoms with E-state index in [4.69, 9.17) is 10.8 Å². The number of aliphatic hydroxyl groups is 1. The zero-order valence-electron chi connectivity index (χ0n) is 10.2. The van der Waals surface area contributed by atoms with Crippen LogP contribution in [0.1, 0.15) is 0 Å². The van der Waals surface area contributed by atoms with Crippen molar-refractivity contribution in [1.82, 2.24) is 8.68 Å². The Bertz CT molecular complexity index is 532. The van der Waals surface area contributed by atoms with Gasteiger partial charge in [-0.2, -0.15) is 4.37 Å². The summed E-state index contributed by atoms with van der Waals surface area (Å²) in [5.41, 5.74) is 5.47. The minimum absolute atomic E-state index is 0.0194. The SMILES string of the molecule is CN(C)S(=O)(=O)c1c(N)nsc1NCC(O)C(F)F. The quantitative estimate of drug-likeness (QED) is 0.682. The molecule has 0 saturated carbocycles. The molecule has 0 radical (unpaired) electrons. The van der Waals surface area contributed by atoms with Crippen LogP contribution in [0.3, 0.4) is 0 Å². The molecule has 0 aliphatic heterocycles. The average molecular weight is 316 g/mol. The zero-order valence-corrected chi connectivity index (χ0v) is 11.8. The van der Waals surface area contributed by atoms with Crippen LogP contribution in [-0.4, -0.2) is 55.4 Å². The van der Waals surface area contributed by atoms with Gasteiger partial charge in [0, 0.05) is 20.6 Å². The number of aromatic nitrogens is 1. The molecule has 1 aromatic rings. The Morgan fingerprint density at radius 2 is 2.11 bits per heavy atom. The number of halogens is 2. The lowest BCUT2D eigenvalue weighted by molar-refractivity contribution is 0.00386. The highest BCUT2D eigenvalue weighted by Crippen LogP contribution is 2.32. The molecular weight excluding hydrogens is 302 g/mol. The predicted molar refractivity (Wildman–Crippen MR) is 67.9 cm³/mol. The molecule has 0 saturated heterocycles. The molecule has 0 amide bonds. The first-order chi connectivity index (χ1) is 8.67. The van der Waals surface area contributed by atoms with E-state index in [-0.39, 0.29) is 15.7 Å². The average Bonchev–Trinajstić information content (AvgIpc) is 2.67. The Balaban J connectivity index is 3.00. The number of alkyl halides is 2. The van der Waals surface area contributed by atoms with Crippen LogP contribution < -0.4 is 11.1 Å². The normalized spacial score (nSPS) is 14.1. The highest BCUT2D eigenvalue weighted by molar-refractivity contribution is 7.89. The van der Waals surface area contributed by atoms with E-state index >= 15 is 0 Å². The van der Waals surface area contributed by atoms with E-state index in [9.17, 15) is 17.2 Å². The number of nitrogens with one attached hydrogen (secondary N) is 1. The summed E-state index contributed by atoms with van der Waals surface area (Å²) in [4.78, 5) is -0.274. The number of nitrogen functional groups attached to an aromatic ring is 1. The molecule has 0 aromatic carbocycles. The summed E-state index contributed by atoms with van der Waals surface area (Å²) in [5.74, 6) is -0.215. The highest BCUT2D eigenvalue weighted by Gasteiger charge is 2.28. The van der Waals surface area contributed by atoms with Crippen LogP contribution in [0.4, 0.5) is 19.6 Å². The van der Waals surface area contributed by atoms with Gasteiger partial charge in [0.15, 0.2) is 10.7 Å². The van der Waals surface area contributed by atoms with Crippen LogP contribution in [0, 0.1) is 0 Å². The maximum Gasteiger partial charge on any atom is 0.265 e. The van der Waals surface area contributed by atoms with Crippen LogP contribution in [0.15, 0.2) is 4.90 Å². The van der Waals surface area contributed by atoms with E-state index in [0.717, 1.165) is 15.8 Å². The molecule has 0 aliphatic carbocycles. The van der Waals surface area contributed by atoms with E-state index in [1.807, 2.05) is 0 Å². The van der Waals surface area contributed by atoms with Gasteiger partial charge < -0.3 is 16.2 Å². The van der Waals surface area contributed by atoms with Crippen molar-refractivity contribution in [3.05, 3.63) is 0 Å². The van der Waals surface area contributed by atoms with Crippen molar-refractivity contribution in [3.63, 3.8) is 0 Å². The molecule has 1 atom stereocenters. The first-order valence-corrected chi connectivity index (χ1v) is 7.27. The van der Waals surface area contributed by atoms with E-state index in [1.165, 1.54) is 14.1 Å². The maximum atomic E-state index is 12.1. The third kappa shape index (κ3) is 3.49. The zero-order chi connectivity index (χ0) is 14.8. The van der Waals surface area contributed by atoms with Gasteiger partial charge in [-0.1, -0.05) is 0 Å². The number of hydrogen-bond donors (Lipinski definition) is 3. The summed E-state index contributed by atoms with van der Waals surface area (Å²) >= 11 is 0.726. The summed E-state index contributed by atoms with van der Waals surface area (Å²) in [6, 6.07) is 0. The van der Waals surface area contributed by atoms with Crippen LogP contribution in [0.25, 0.3) is 0 Å². The Morgan fingerprint density at radius 3 is 2.58 bits per heavy atom. The van der Waals surface area contributed by atoms with Crippen molar-refractivity contribution in [2.24, 2.45) is 0 Å². The topological polar surface area (TPSA) is 109 Å². The molecule has 1 aromatic heterocycles. The van der Waals surface area contributed by atoms with Crippen molar-refractivity contribution in [2.45, 2.75) is 17.4 Å². The number of sulfonamides is 1. The van der Waals surface area contributed by atoms with E-state index in [1.54, 1.807) is 0 Å². The maximum absolute atomic E-state index is 12.1. The predicted octanol–water partition coefficient (Wildman–Crippen LogP) is 0.0135. The van der Waals surface area contributed by atoms with Crippen molar-refractivity contribution in [3.8, 4) is 0 Å². The first-order valence-electron chi connectivity index (χ1n) is 5.05. The Labute approximate surface area is 113 Å². The molecule has 110 valence electrons. The molecular formula is C8H14F2N4O3S2. The van der Waals surface area contributed by atoms with E-state index in [2.05, 4.69) is 9.69 Å².